The minimum Gasteiger partial charge on any atom is -0.313 e. The fraction of sp³-hybridized carbons (Fsp3) is 0.846. The molecule has 0 aromatic carbocycles. The fourth-order valence-corrected chi connectivity index (χ4v) is 3.21. The largest absolute Gasteiger partial charge is 0.313 e. The first-order valence-corrected chi connectivity index (χ1v) is 7.08. The van der Waals surface area contributed by atoms with Crippen LogP contribution in [0.3, 0.4) is 0 Å². The van der Waals surface area contributed by atoms with Gasteiger partial charge < -0.3 is 9.88 Å². The number of hydrogen-bond acceptors (Lipinski definition) is 3. The molecule has 0 spiro atoms. The quantitative estimate of drug-likeness (QED) is 0.855. The molecule has 1 saturated carbocycles. The summed E-state index contributed by atoms with van der Waals surface area (Å²) in [5.74, 6) is 1.18. The first-order chi connectivity index (χ1) is 8.45. The summed E-state index contributed by atoms with van der Waals surface area (Å²) in [5.41, 5.74) is 0. The molecule has 1 aliphatic carbocycles. The van der Waals surface area contributed by atoms with Gasteiger partial charge in [0.2, 0.25) is 0 Å². The highest BCUT2D eigenvalue weighted by Gasteiger charge is 2.24. The smallest absolute Gasteiger partial charge is 0.150 e. The van der Waals surface area contributed by atoms with Crippen LogP contribution in [0.25, 0.3) is 0 Å². The Labute approximate surface area is 103 Å². The molecule has 0 radical (unpaired) electrons. The van der Waals surface area contributed by atoms with E-state index in [4.69, 9.17) is 0 Å². The predicted molar refractivity (Wildman–Crippen MR) is 66.7 cm³/mol. The van der Waals surface area contributed by atoms with Crippen LogP contribution in [0, 0.1) is 0 Å². The first kappa shape index (κ1) is 11.2. The van der Waals surface area contributed by atoms with Gasteiger partial charge in [-0.3, -0.25) is 0 Å². The van der Waals surface area contributed by atoms with Crippen molar-refractivity contribution in [3.8, 4) is 0 Å². The second-order valence-corrected chi connectivity index (χ2v) is 5.39. The van der Waals surface area contributed by atoms with E-state index in [0.29, 0.717) is 12.1 Å². The Bertz CT molecular complexity index is 316. The van der Waals surface area contributed by atoms with E-state index < -0.39 is 0 Å². The van der Waals surface area contributed by atoms with Gasteiger partial charge in [0, 0.05) is 6.04 Å². The Morgan fingerprint density at radius 3 is 2.65 bits per heavy atom. The molecule has 1 unspecified atom stereocenters. The lowest BCUT2D eigenvalue weighted by Gasteiger charge is -2.28. The van der Waals surface area contributed by atoms with Crippen LogP contribution in [-0.4, -0.2) is 21.3 Å². The zero-order chi connectivity index (χ0) is 11.5. The third kappa shape index (κ3) is 2.37. The molecular weight excluding hydrogens is 212 g/mol. The van der Waals surface area contributed by atoms with E-state index in [9.17, 15) is 0 Å². The molecule has 1 aromatic rings. The van der Waals surface area contributed by atoms with Crippen molar-refractivity contribution < 1.29 is 0 Å². The Hall–Kier alpha value is -0.900. The molecule has 0 amide bonds. The van der Waals surface area contributed by atoms with E-state index in [0.717, 1.165) is 6.54 Å². The van der Waals surface area contributed by atoms with Crippen LogP contribution in [0.2, 0.25) is 0 Å². The van der Waals surface area contributed by atoms with Gasteiger partial charge >= 0.3 is 0 Å². The van der Waals surface area contributed by atoms with Crippen LogP contribution in [0.15, 0.2) is 6.33 Å². The van der Waals surface area contributed by atoms with Crippen molar-refractivity contribution in [1.29, 1.82) is 0 Å². The third-order valence-corrected chi connectivity index (χ3v) is 4.19. The second-order valence-electron chi connectivity index (χ2n) is 5.39. The van der Waals surface area contributed by atoms with E-state index >= 15 is 0 Å². The first-order valence-electron chi connectivity index (χ1n) is 7.08. The summed E-state index contributed by atoms with van der Waals surface area (Å²) in [4.78, 5) is 0. The van der Waals surface area contributed by atoms with E-state index in [-0.39, 0.29) is 0 Å². The van der Waals surface area contributed by atoms with Crippen LogP contribution >= 0.6 is 0 Å². The van der Waals surface area contributed by atoms with Crippen LogP contribution in [0.5, 0.6) is 0 Å². The van der Waals surface area contributed by atoms with E-state index in [1.54, 1.807) is 0 Å². The van der Waals surface area contributed by atoms with Gasteiger partial charge in [-0.1, -0.05) is 25.7 Å². The third-order valence-electron chi connectivity index (χ3n) is 4.19. The molecule has 1 aromatic heterocycles. The van der Waals surface area contributed by atoms with Crippen molar-refractivity contribution in [2.45, 2.75) is 63.5 Å². The zero-order valence-electron chi connectivity index (χ0n) is 10.4. The molecule has 2 heterocycles. The topological polar surface area (TPSA) is 42.7 Å². The summed E-state index contributed by atoms with van der Waals surface area (Å²) in [6.45, 7) is 1.13. The summed E-state index contributed by atoms with van der Waals surface area (Å²) in [6, 6.07) is 1.09. The average molecular weight is 234 g/mol. The molecule has 1 saturated heterocycles. The molecule has 0 bridgehead atoms. The van der Waals surface area contributed by atoms with Crippen LogP contribution in [-0.2, 0) is 0 Å². The lowest BCUT2D eigenvalue weighted by Crippen LogP contribution is -2.30. The van der Waals surface area contributed by atoms with Gasteiger partial charge in [0.05, 0.1) is 6.04 Å². The molecule has 1 aliphatic heterocycles. The van der Waals surface area contributed by atoms with Gasteiger partial charge in [-0.15, -0.1) is 10.2 Å². The van der Waals surface area contributed by atoms with Crippen molar-refractivity contribution in [2.24, 2.45) is 0 Å². The standard InChI is InChI=1S/C13H22N4/c1-2-6-11(7-3-1)17-10-15-16-13(17)12-8-4-5-9-14-12/h10-12,14H,1-9H2. The number of nitrogens with zero attached hydrogens (tertiary/aromatic N) is 3. The summed E-state index contributed by atoms with van der Waals surface area (Å²) in [7, 11) is 0. The van der Waals surface area contributed by atoms with Crippen molar-refractivity contribution in [1.82, 2.24) is 20.1 Å². The highest BCUT2D eigenvalue weighted by molar-refractivity contribution is 4.99. The monoisotopic (exact) mass is 234 g/mol. The number of aromatic nitrogens is 3. The molecular formula is C13H22N4. The van der Waals surface area contributed by atoms with E-state index in [1.807, 2.05) is 6.33 Å². The highest BCUT2D eigenvalue weighted by atomic mass is 15.3. The van der Waals surface area contributed by atoms with Crippen molar-refractivity contribution in [3.63, 3.8) is 0 Å². The second kappa shape index (κ2) is 5.17. The maximum atomic E-state index is 4.37. The molecule has 94 valence electrons. The maximum Gasteiger partial charge on any atom is 0.150 e. The van der Waals surface area contributed by atoms with Gasteiger partial charge in [0.15, 0.2) is 0 Å². The van der Waals surface area contributed by atoms with Crippen LogP contribution in [0.1, 0.15) is 69.3 Å². The van der Waals surface area contributed by atoms with Crippen molar-refractivity contribution >= 4 is 0 Å². The van der Waals surface area contributed by atoms with Gasteiger partial charge in [-0.25, -0.2) is 0 Å². The lowest BCUT2D eigenvalue weighted by atomic mass is 9.94. The lowest BCUT2D eigenvalue weighted by molar-refractivity contribution is 0.319. The Balaban J connectivity index is 1.77. The number of hydrogen-bond donors (Lipinski definition) is 1. The molecule has 2 aliphatic rings. The van der Waals surface area contributed by atoms with Gasteiger partial charge in [0.1, 0.15) is 12.2 Å². The Kier molecular flexibility index (Phi) is 3.41. The molecule has 2 fully saturated rings. The van der Waals surface area contributed by atoms with Gasteiger partial charge in [-0.2, -0.15) is 0 Å². The highest BCUT2D eigenvalue weighted by Crippen LogP contribution is 2.31. The van der Waals surface area contributed by atoms with Crippen LogP contribution in [0.4, 0.5) is 0 Å². The Morgan fingerprint density at radius 2 is 1.88 bits per heavy atom. The molecule has 4 heteroatoms. The average Bonchev–Trinajstić information content (AvgIpc) is 2.90. The number of nitrogens with one attached hydrogen (secondary N) is 1. The molecule has 1 atom stereocenters. The molecule has 17 heavy (non-hydrogen) atoms. The predicted octanol–water partition coefficient (Wildman–Crippen LogP) is 2.60. The van der Waals surface area contributed by atoms with Gasteiger partial charge in [0.25, 0.3) is 0 Å². The number of rotatable bonds is 2. The zero-order valence-corrected chi connectivity index (χ0v) is 10.4. The summed E-state index contributed by atoms with van der Waals surface area (Å²) < 4.78 is 2.35. The minimum atomic E-state index is 0.438. The molecule has 3 rings (SSSR count). The van der Waals surface area contributed by atoms with Crippen molar-refractivity contribution in [3.05, 3.63) is 12.2 Å². The van der Waals surface area contributed by atoms with Gasteiger partial charge in [-0.05, 0) is 32.2 Å². The van der Waals surface area contributed by atoms with E-state index in [1.165, 1.54) is 57.2 Å². The molecule has 4 nitrogen and oxygen atoms in total. The minimum absolute atomic E-state index is 0.438. The maximum absolute atomic E-state index is 4.37. The SMILES string of the molecule is c1nnc(C2CCCCN2)n1C1CCCCC1. The van der Waals surface area contributed by atoms with E-state index in [2.05, 4.69) is 20.1 Å². The Morgan fingerprint density at radius 1 is 1.06 bits per heavy atom. The fourth-order valence-electron chi connectivity index (χ4n) is 3.21. The number of piperidine rings is 1. The summed E-state index contributed by atoms with van der Waals surface area (Å²) in [6.07, 6.45) is 12.5. The van der Waals surface area contributed by atoms with Crippen LogP contribution < -0.4 is 5.32 Å². The summed E-state index contributed by atoms with van der Waals surface area (Å²) >= 11 is 0. The van der Waals surface area contributed by atoms with Crippen molar-refractivity contribution in [2.75, 3.05) is 6.54 Å². The summed E-state index contributed by atoms with van der Waals surface area (Å²) in [5, 5.41) is 12.1. The normalized spacial score (nSPS) is 27.2. The molecule has 1 N–H and O–H groups in total.